The van der Waals surface area contributed by atoms with Crippen molar-refractivity contribution < 1.29 is 13.7 Å². The van der Waals surface area contributed by atoms with Crippen LogP contribution in [0.2, 0.25) is 0 Å². The second kappa shape index (κ2) is 5.40. The van der Waals surface area contributed by atoms with Gasteiger partial charge in [-0.25, -0.2) is 0 Å². The third-order valence-corrected chi connectivity index (χ3v) is 2.65. The molecule has 0 bridgehead atoms. The van der Waals surface area contributed by atoms with Gasteiger partial charge in [0, 0.05) is 5.56 Å². The van der Waals surface area contributed by atoms with Gasteiger partial charge in [0.05, 0.1) is 12.8 Å². The van der Waals surface area contributed by atoms with Crippen LogP contribution in [0.25, 0.3) is 11.4 Å². The first kappa shape index (κ1) is 12.2. The molecule has 0 saturated carbocycles. The number of nitrogens with one attached hydrogen (secondary N) is 1. The molecular formula is C14H11N3O3. The quantitative estimate of drug-likeness (QED) is 0.785. The molecule has 20 heavy (non-hydrogen) atoms. The van der Waals surface area contributed by atoms with Crippen LogP contribution in [0.3, 0.4) is 0 Å². The van der Waals surface area contributed by atoms with Crippen LogP contribution in [-0.2, 0) is 6.54 Å². The number of hydrogen-bond donors (Lipinski definition) is 1. The van der Waals surface area contributed by atoms with Crippen molar-refractivity contribution in [1.82, 2.24) is 15.5 Å². The summed E-state index contributed by atoms with van der Waals surface area (Å²) in [5.74, 6) is 0.749. The molecule has 0 spiro atoms. The van der Waals surface area contributed by atoms with Crippen LogP contribution in [-0.4, -0.2) is 16.0 Å². The highest BCUT2D eigenvalue weighted by Gasteiger charge is 2.11. The molecule has 1 amide bonds. The summed E-state index contributed by atoms with van der Waals surface area (Å²) in [7, 11) is 0. The SMILES string of the molecule is O=C(NCc1nc(-c2ccccc2)no1)c1ccco1. The molecule has 100 valence electrons. The predicted molar refractivity (Wildman–Crippen MR) is 69.6 cm³/mol. The third kappa shape index (κ3) is 2.59. The molecule has 6 heteroatoms. The Balaban J connectivity index is 1.65. The maximum Gasteiger partial charge on any atom is 0.287 e. The van der Waals surface area contributed by atoms with Gasteiger partial charge in [-0.1, -0.05) is 35.5 Å². The molecule has 1 aromatic carbocycles. The molecule has 3 rings (SSSR count). The van der Waals surface area contributed by atoms with E-state index in [4.69, 9.17) is 8.94 Å². The van der Waals surface area contributed by atoms with Gasteiger partial charge < -0.3 is 14.3 Å². The summed E-state index contributed by atoms with van der Waals surface area (Å²) in [4.78, 5) is 15.9. The topological polar surface area (TPSA) is 81.2 Å². The molecule has 0 fully saturated rings. The molecule has 0 aliphatic heterocycles. The van der Waals surface area contributed by atoms with E-state index in [1.54, 1.807) is 12.1 Å². The number of benzene rings is 1. The van der Waals surface area contributed by atoms with Crippen molar-refractivity contribution in [2.24, 2.45) is 0 Å². The number of amides is 1. The fourth-order valence-corrected chi connectivity index (χ4v) is 1.68. The Labute approximate surface area is 114 Å². The first-order valence-electron chi connectivity index (χ1n) is 6.02. The highest BCUT2D eigenvalue weighted by molar-refractivity contribution is 5.91. The summed E-state index contributed by atoms with van der Waals surface area (Å²) in [5, 5.41) is 6.50. The minimum absolute atomic E-state index is 0.152. The van der Waals surface area contributed by atoms with E-state index in [1.165, 1.54) is 6.26 Å². The lowest BCUT2D eigenvalue weighted by Gasteiger charge is -1.97. The summed E-state index contributed by atoms with van der Waals surface area (Å²) in [6.07, 6.45) is 1.44. The standard InChI is InChI=1S/C14H11N3O3/c18-14(11-7-4-8-19-11)15-9-12-16-13(17-20-12)10-5-2-1-3-6-10/h1-8H,9H2,(H,15,18). The van der Waals surface area contributed by atoms with Gasteiger partial charge in [0.2, 0.25) is 11.7 Å². The average Bonchev–Trinajstić information content (AvgIpc) is 3.17. The predicted octanol–water partition coefficient (Wildman–Crippen LogP) is 2.26. The van der Waals surface area contributed by atoms with Gasteiger partial charge in [0.1, 0.15) is 0 Å². The minimum atomic E-state index is -0.325. The molecule has 0 atom stereocenters. The molecule has 0 unspecified atom stereocenters. The van der Waals surface area contributed by atoms with Gasteiger partial charge >= 0.3 is 0 Å². The molecular weight excluding hydrogens is 258 g/mol. The lowest BCUT2D eigenvalue weighted by Crippen LogP contribution is -2.22. The first-order chi connectivity index (χ1) is 9.83. The van der Waals surface area contributed by atoms with Crippen molar-refractivity contribution in [3.8, 4) is 11.4 Å². The molecule has 2 heterocycles. The van der Waals surface area contributed by atoms with Crippen molar-refractivity contribution in [3.63, 3.8) is 0 Å². The van der Waals surface area contributed by atoms with Crippen LogP contribution in [0.15, 0.2) is 57.7 Å². The number of hydrogen-bond acceptors (Lipinski definition) is 5. The Morgan fingerprint density at radius 3 is 2.75 bits per heavy atom. The Kier molecular flexibility index (Phi) is 3.28. The molecule has 0 radical (unpaired) electrons. The normalized spacial score (nSPS) is 10.4. The maximum atomic E-state index is 11.7. The van der Waals surface area contributed by atoms with Crippen LogP contribution in [0, 0.1) is 0 Å². The summed E-state index contributed by atoms with van der Waals surface area (Å²) in [5.41, 5.74) is 0.861. The largest absolute Gasteiger partial charge is 0.459 e. The second-order valence-electron chi connectivity index (χ2n) is 4.04. The summed E-state index contributed by atoms with van der Waals surface area (Å²) in [6.45, 7) is 0.152. The number of furan rings is 1. The first-order valence-corrected chi connectivity index (χ1v) is 6.02. The van der Waals surface area contributed by atoms with Gasteiger partial charge in [-0.3, -0.25) is 4.79 Å². The number of aromatic nitrogens is 2. The zero-order valence-corrected chi connectivity index (χ0v) is 10.4. The molecule has 0 aliphatic carbocycles. The number of rotatable bonds is 4. The van der Waals surface area contributed by atoms with Crippen molar-refractivity contribution in [3.05, 3.63) is 60.4 Å². The van der Waals surface area contributed by atoms with E-state index in [0.29, 0.717) is 11.7 Å². The smallest absolute Gasteiger partial charge is 0.287 e. The third-order valence-electron chi connectivity index (χ3n) is 2.65. The second-order valence-corrected chi connectivity index (χ2v) is 4.04. The van der Waals surface area contributed by atoms with Crippen LogP contribution in [0.5, 0.6) is 0 Å². The summed E-state index contributed by atoms with van der Waals surface area (Å²) < 4.78 is 10.1. The van der Waals surface area contributed by atoms with E-state index in [-0.39, 0.29) is 18.2 Å². The average molecular weight is 269 g/mol. The van der Waals surface area contributed by atoms with E-state index in [0.717, 1.165) is 5.56 Å². The Hall–Kier alpha value is -2.89. The van der Waals surface area contributed by atoms with E-state index in [9.17, 15) is 4.79 Å². The number of carbonyl (C=O) groups is 1. The van der Waals surface area contributed by atoms with E-state index >= 15 is 0 Å². The zero-order valence-electron chi connectivity index (χ0n) is 10.4. The van der Waals surface area contributed by atoms with Crippen LogP contribution in [0.1, 0.15) is 16.4 Å². The van der Waals surface area contributed by atoms with Crippen molar-refractivity contribution in [2.75, 3.05) is 0 Å². The number of carbonyl (C=O) groups excluding carboxylic acids is 1. The molecule has 0 aliphatic rings. The minimum Gasteiger partial charge on any atom is -0.459 e. The lowest BCUT2D eigenvalue weighted by molar-refractivity contribution is 0.0918. The van der Waals surface area contributed by atoms with Crippen molar-refractivity contribution in [2.45, 2.75) is 6.54 Å². The summed E-state index contributed by atoms with van der Waals surface area (Å²) >= 11 is 0. The van der Waals surface area contributed by atoms with Crippen molar-refractivity contribution >= 4 is 5.91 Å². The van der Waals surface area contributed by atoms with Crippen LogP contribution in [0.4, 0.5) is 0 Å². The van der Waals surface area contributed by atoms with Gasteiger partial charge in [-0.05, 0) is 12.1 Å². The maximum absolute atomic E-state index is 11.7. The van der Waals surface area contributed by atoms with Gasteiger partial charge in [0.25, 0.3) is 5.91 Å². The summed E-state index contributed by atoms with van der Waals surface area (Å²) in [6, 6.07) is 12.7. The molecule has 0 saturated heterocycles. The lowest BCUT2D eigenvalue weighted by atomic mass is 10.2. The zero-order chi connectivity index (χ0) is 13.8. The van der Waals surface area contributed by atoms with Crippen molar-refractivity contribution in [1.29, 1.82) is 0 Å². The Bertz CT molecular complexity index is 690. The highest BCUT2D eigenvalue weighted by atomic mass is 16.5. The van der Waals surface area contributed by atoms with Crippen LogP contribution < -0.4 is 5.32 Å². The Morgan fingerprint density at radius 1 is 1.15 bits per heavy atom. The number of nitrogens with zero attached hydrogens (tertiary/aromatic N) is 2. The van der Waals surface area contributed by atoms with E-state index in [2.05, 4.69) is 15.5 Å². The van der Waals surface area contributed by atoms with Gasteiger partial charge in [-0.15, -0.1) is 0 Å². The molecule has 1 N–H and O–H groups in total. The van der Waals surface area contributed by atoms with E-state index in [1.807, 2.05) is 30.3 Å². The molecule has 6 nitrogen and oxygen atoms in total. The monoisotopic (exact) mass is 269 g/mol. The Morgan fingerprint density at radius 2 is 2.00 bits per heavy atom. The molecule has 2 aromatic heterocycles. The van der Waals surface area contributed by atoms with Crippen LogP contribution >= 0.6 is 0 Å². The molecule has 3 aromatic rings. The fraction of sp³-hybridized carbons (Fsp3) is 0.0714. The highest BCUT2D eigenvalue weighted by Crippen LogP contribution is 2.14. The van der Waals surface area contributed by atoms with Gasteiger partial charge in [0.15, 0.2) is 5.76 Å². The fourth-order valence-electron chi connectivity index (χ4n) is 1.68. The van der Waals surface area contributed by atoms with Gasteiger partial charge in [-0.2, -0.15) is 4.98 Å². The van der Waals surface area contributed by atoms with E-state index < -0.39 is 0 Å².